The number of ether oxygens (including phenoxy) is 2. The molecule has 1 saturated heterocycles. The van der Waals surface area contributed by atoms with E-state index in [-0.39, 0.29) is 19.2 Å². The minimum Gasteiger partial charge on any atom is -0.440 e. The molecule has 122 valence electrons. The van der Waals surface area contributed by atoms with Gasteiger partial charge < -0.3 is 14.4 Å². The van der Waals surface area contributed by atoms with E-state index in [1.54, 1.807) is 24.5 Å². The number of alkyl halides is 3. The lowest BCUT2D eigenvalue weighted by atomic mass is 10.2. The maximum absolute atomic E-state index is 12.2. The second kappa shape index (κ2) is 7.44. The van der Waals surface area contributed by atoms with Crippen molar-refractivity contribution in [3.05, 3.63) is 30.1 Å². The number of halogens is 3. The lowest BCUT2D eigenvalue weighted by molar-refractivity contribution is -0.162. The molecule has 22 heavy (non-hydrogen) atoms. The molecule has 1 amide bonds. The summed E-state index contributed by atoms with van der Waals surface area (Å²) in [6, 6.07) is 3.44. The molecule has 1 aliphatic rings. The number of hydrogen-bond acceptors (Lipinski definition) is 4. The van der Waals surface area contributed by atoms with Crippen molar-refractivity contribution < 1.29 is 27.4 Å². The molecule has 0 aromatic carbocycles. The molecule has 0 unspecified atom stereocenters. The van der Waals surface area contributed by atoms with E-state index in [1.165, 1.54) is 4.90 Å². The smallest absolute Gasteiger partial charge is 0.422 e. The molecule has 1 fully saturated rings. The summed E-state index contributed by atoms with van der Waals surface area (Å²) in [5.41, 5.74) is 0.712. The second-order valence-corrected chi connectivity index (χ2v) is 5.05. The van der Waals surface area contributed by atoms with Gasteiger partial charge in [-0.25, -0.2) is 4.79 Å². The van der Waals surface area contributed by atoms with Gasteiger partial charge in [-0.2, -0.15) is 13.2 Å². The molecule has 1 aromatic heterocycles. The summed E-state index contributed by atoms with van der Waals surface area (Å²) >= 11 is 0. The van der Waals surface area contributed by atoms with Crippen molar-refractivity contribution in [2.75, 3.05) is 19.8 Å². The lowest BCUT2D eigenvalue weighted by Crippen LogP contribution is -2.38. The molecule has 0 aliphatic carbocycles. The average molecular weight is 318 g/mol. The normalized spacial score (nSPS) is 18.2. The fourth-order valence-corrected chi connectivity index (χ4v) is 2.18. The number of carbonyl (C=O) groups excluding carboxylic acids is 1. The predicted molar refractivity (Wildman–Crippen MR) is 71.0 cm³/mol. The zero-order valence-electron chi connectivity index (χ0n) is 11.9. The molecule has 8 heteroatoms. The first kappa shape index (κ1) is 16.5. The van der Waals surface area contributed by atoms with Crippen LogP contribution in [0.15, 0.2) is 24.5 Å². The van der Waals surface area contributed by atoms with E-state index in [4.69, 9.17) is 4.74 Å². The molecule has 2 heterocycles. The van der Waals surface area contributed by atoms with Crippen LogP contribution in [0.1, 0.15) is 18.4 Å². The van der Waals surface area contributed by atoms with Crippen LogP contribution in [0.3, 0.4) is 0 Å². The van der Waals surface area contributed by atoms with Crippen LogP contribution in [0.4, 0.5) is 18.0 Å². The number of pyridine rings is 1. The largest absolute Gasteiger partial charge is 0.440 e. The van der Waals surface area contributed by atoms with E-state index in [9.17, 15) is 18.0 Å². The van der Waals surface area contributed by atoms with Gasteiger partial charge in [0.15, 0.2) is 6.61 Å². The van der Waals surface area contributed by atoms with Crippen LogP contribution in [0.25, 0.3) is 0 Å². The van der Waals surface area contributed by atoms with Crippen LogP contribution >= 0.6 is 0 Å². The summed E-state index contributed by atoms with van der Waals surface area (Å²) in [5, 5.41) is 0. The molecule has 5 nitrogen and oxygen atoms in total. The Morgan fingerprint density at radius 1 is 1.50 bits per heavy atom. The third-order valence-electron chi connectivity index (χ3n) is 3.16. The average Bonchev–Trinajstić information content (AvgIpc) is 2.97. The Bertz CT molecular complexity index is 476. The molecular weight excluding hydrogens is 301 g/mol. The molecule has 0 bridgehead atoms. The summed E-state index contributed by atoms with van der Waals surface area (Å²) in [6.07, 6.45) is -0.930. The molecule has 0 N–H and O–H groups in total. The number of carbonyl (C=O) groups is 1. The van der Waals surface area contributed by atoms with E-state index < -0.39 is 18.9 Å². The molecule has 1 aromatic rings. The van der Waals surface area contributed by atoms with Gasteiger partial charge in [-0.15, -0.1) is 0 Å². The van der Waals surface area contributed by atoms with Crippen molar-refractivity contribution in [1.29, 1.82) is 0 Å². The van der Waals surface area contributed by atoms with Crippen molar-refractivity contribution >= 4 is 6.09 Å². The van der Waals surface area contributed by atoms with Gasteiger partial charge in [-0.05, 0) is 24.5 Å². The minimum absolute atomic E-state index is 0.129. The Morgan fingerprint density at radius 3 is 2.91 bits per heavy atom. The molecule has 2 rings (SSSR count). The van der Waals surface area contributed by atoms with Gasteiger partial charge in [0, 0.05) is 19.0 Å². The highest BCUT2D eigenvalue weighted by Gasteiger charge is 2.31. The van der Waals surface area contributed by atoms with Crippen molar-refractivity contribution in [2.45, 2.75) is 31.7 Å². The SMILES string of the molecule is O=C(OCC(F)(F)F)N(Cc1cccnc1)C[C@H]1CCCO1. The van der Waals surface area contributed by atoms with Crippen LogP contribution < -0.4 is 0 Å². The Labute approximate surface area is 126 Å². The van der Waals surface area contributed by atoms with E-state index in [0.29, 0.717) is 12.2 Å². The van der Waals surface area contributed by atoms with Gasteiger partial charge in [-0.1, -0.05) is 6.07 Å². The first-order valence-electron chi connectivity index (χ1n) is 6.93. The van der Waals surface area contributed by atoms with Crippen LogP contribution in [-0.2, 0) is 16.0 Å². The van der Waals surface area contributed by atoms with Gasteiger partial charge in [0.25, 0.3) is 0 Å². The van der Waals surface area contributed by atoms with Crippen molar-refractivity contribution in [3.63, 3.8) is 0 Å². The van der Waals surface area contributed by atoms with Gasteiger partial charge in [0.05, 0.1) is 19.2 Å². The van der Waals surface area contributed by atoms with Crippen LogP contribution in [0.5, 0.6) is 0 Å². The standard InChI is InChI=1S/C14H17F3N2O3/c15-14(16,17)10-22-13(20)19(9-12-4-2-6-21-12)8-11-3-1-5-18-7-11/h1,3,5,7,12H,2,4,6,8-10H2/t12-/m1/s1. The molecule has 0 saturated carbocycles. The highest BCUT2D eigenvalue weighted by Crippen LogP contribution is 2.18. The van der Waals surface area contributed by atoms with Crippen LogP contribution in [-0.4, -0.2) is 48.0 Å². The number of amides is 1. The topological polar surface area (TPSA) is 51.7 Å². The maximum Gasteiger partial charge on any atom is 0.422 e. The van der Waals surface area contributed by atoms with E-state index in [0.717, 1.165) is 12.8 Å². The Balaban J connectivity index is 1.98. The summed E-state index contributed by atoms with van der Waals surface area (Å²) < 4.78 is 46.3. The van der Waals surface area contributed by atoms with Gasteiger partial charge in [-0.3, -0.25) is 4.98 Å². The number of hydrogen-bond donors (Lipinski definition) is 0. The molecule has 0 radical (unpaired) electrons. The van der Waals surface area contributed by atoms with Crippen LogP contribution in [0.2, 0.25) is 0 Å². The lowest BCUT2D eigenvalue weighted by Gasteiger charge is -2.25. The molecule has 1 atom stereocenters. The minimum atomic E-state index is -4.54. The quantitative estimate of drug-likeness (QED) is 0.838. The predicted octanol–water partition coefficient (Wildman–Crippen LogP) is 2.76. The van der Waals surface area contributed by atoms with Gasteiger partial charge >= 0.3 is 12.3 Å². The second-order valence-electron chi connectivity index (χ2n) is 5.05. The maximum atomic E-state index is 12.2. The van der Waals surface area contributed by atoms with Gasteiger partial charge in [0.1, 0.15) is 0 Å². The summed E-state index contributed by atoms with van der Waals surface area (Å²) in [6.45, 7) is -0.667. The fraction of sp³-hybridized carbons (Fsp3) is 0.571. The third kappa shape index (κ3) is 5.51. The van der Waals surface area contributed by atoms with Crippen molar-refractivity contribution in [3.8, 4) is 0 Å². The Hall–Kier alpha value is -1.83. The first-order chi connectivity index (χ1) is 10.4. The summed E-state index contributed by atoms with van der Waals surface area (Å²) in [7, 11) is 0. The molecule has 1 aliphatic heterocycles. The zero-order valence-corrected chi connectivity index (χ0v) is 11.9. The molecular formula is C14H17F3N2O3. The fourth-order valence-electron chi connectivity index (χ4n) is 2.18. The molecule has 0 spiro atoms. The highest BCUT2D eigenvalue weighted by molar-refractivity contribution is 5.67. The number of aromatic nitrogens is 1. The first-order valence-corrected chi connectivity index (χ1v) is 6.93. The number of rotatable bonds is 5. The number of nitrogens with zero attached hydrogens (tertiary/aromatic N) is 2. The van der Waals surface area contributed by atoms with Gasteiger partial charge in [0.2, 0.25) is 0 Å². The summed E-state index contributed by atoms with van der Waals surface area (Å²) in [5.74, 6) is 0. The monoisotopic (exact) mass is 318 g/mol. The third-order valence-corrected chi connectivity index (χ3v) is 3.16. The highest BCUT2D eigenvalue weighted by atomic mass is 19.4. The van der Waals surface area contributed by atoms with E-state index in [2.05, 4.69) is 9.72 Å². The van der Waals surface area contributed by atoms with Crippen molar-refractivity contribution in [2.24, 2.45) is 0 Å². The summed E-state index contributed by atoms with van der Waals surface area (Å²) in [4.78, 5) is 17.1. The van der Waals surface area contributed by atoms with Crippen molar-refractivity contribution in [1.82, 2.24) is 9.88 Å². The van der Waals surface area contributed by atoms with Crippen LogP contribution in [0, 0.1) is 0 Å². The van der Waals surface area contributed by atoms with E-state index >= 15 is 0 Å². The Kier molecular flexibility index (Phi) is 5.59. The van der Waals surface area contributed by atoms with E-state index in [1.807, 2.05) is 0 Å². The zero-order chi connectivity index (χ0) is 16.0. The Morgan fingerprint density at radius 2 is 2.32 bits per heavy atom.